The number of anilines is 1. The zero-order valence-corrected chi connectivity index (χ0v) is 11.3. The lowest BCUT2D eigenvalue weighted by atomic mass is 10.2. The van der Waals surface area contributed by atoms with Crippen LogP contribution in [0.5, 0.6) is 0 Å². The van der Waals surface area contributed by atoms with Crippen molar-refractivity contribution in [2.75, 3.05) is 38.8 Å². The molecule has 0 heterocycles. The standard InChI is InChI=1S/C13H18N2O5/c1-19-7-8-20-6-2-5-14-12-4-3-11(10-16)9-13(12)15(17)18/h3-4,9-10,14H,2,5-8H2,1H3. The maximum atomic E-state index is 10.9. The van der Waals surface area contributed by atoms with Gasteiger partial charge in [0, 0.05) is 31.9 Å². The van der Waals surface area contributed by atoms with Gasteiger partial charge in [0.05, 0.1) is 18.1 Å². The van der Waals surface area contributed by atoms with Crippen molar-refractivity contribution in [2.45, 2.75) is 6.42 Å². The van der Waals surface area contributed by atoms with Gasteiger partial charge in [-0.2, -0.15) is 0 Å². The molecule has 1 aromatic carbocycles. The van der Waals surface area contributed by atoms with Crippen LogP contribution in [0.15, 0.2) is 18.2 Å². The first-order valence-corrected chi connectivity index (χ1v) is 6.23. The van der Waals surface area contributed by atoms with Gasteiger partial charge < -0.3 is 14.8 Å². The molecule has 0 radical (unpaired) electrons. The monoisotopic (exact) mass is 282 g/mol. The molecule has 110 valence electrons. The lowest BCUT2D eigenvalue weighted by Crippen LogP contribution is -2.09. The number of nitro groups is 1. The maximum Gasteiger partial charge on any atom is 0.293 e. The van der Waals surface area contributed by atoms with Gasteiger partial charge in [0.15, 0.2) is 0 Å². The van der Waals surface area contributed by atoms with Gasteiger partial charge in [-0.1, -0.05) is 0 Å². The highest BCUT2D eigenvalue weighted by atomic mass is 16.6. The lowest BCUT2D eigenvalue weighted by molar-refractivity contribution is -0.384. The molecule has 1 rings (SSSR count). The van der Waals surface area contributed by atoms with Crippen molar-refractivity contribution in [3.05, 3.63) is 33.9 Å². The van der Waals surface area contributed by atoms with Gasteiger partial charge in [-0.15, -0.1) is 0 Å². The first kappa shape index (κ1) is 16.1. The summed E-state index contributed by atoms with van der Waals surface area (Å²) in [4.78, 5) is 21.0. The summed E-state index contributed by atoms with van der Waals surface area (Å²) in [5.74, 6) is 0. The first-order valence-electron chi connectivity index (χ1n) is 6.23. The van der Waals surface area contributed by atoms with Gasteiger partial charge in [-0.05, 0) is 18.6 Å². The molecule has 0 aromatic heterocycles. The fraction of sp³-hybridized carbons (Fsp3) is 0.462. The molecule has 0 saturated carbocycles. The predicted octanol–water partition coefficient (Wildman–Crippen LogP) is 1.87. The predicted molar refractivity (Wildman–Crippen MR) is 74.3 cm³/mol. The van der Waals surface area contributed by atoms with Crippen molar-refractivity contribution < 1.29 is 19.2 Å². The summed E-state index contributed by atoms with van der Waals surface area (Å²) in [6, 6.07) is 4.33. The molecular weight excluding hydrogens is 264 g/mol. The molecule has 7 heteroatoms. The van der Waals surface area contributed by atoms with Gasteiger partial charge in [0.25, 0.3) is 5.69 Å². The fourth-order valence-electron chi connectivity index (χ4n) is 1.56. The number of methoxy groups -OCH3 is 1. The number of nitro benzene ring substituents is 1. The topological polar surface area (TPSA) is 90.7 Å². The molecule has 0 spiro atoms. The third kappa shape index (κ3) is 5.33. The van der Waals surface area contributed by atoms with Crippen molar-refractivity contribution in [1.82, 2.24) is 0 Å². The van der Waals surface area contributed by atoms with Gasteiger partial charge in [0.1, 0.15) is 12.0 Å². The van der Waals surface area contributed by atoms with Crippen LogP contribution >= 0.6 is 0 Å². The number of hydrogen-bond acceptors (Lipinski definition) is 6. The van der Waals surface area contributed by atoms with Crippen LogP contribution in [0.25, 0.3) is 0 Å². The van der Waals surface area contributed by atoms with Crippen molar-refractivity contribution in [2.24, 2.45) is 0 Å². The molecule has 0 atom stereocenters. The van der Waals surface area contributed by atoms with Crippen LogP contribution < -0.4 is 5.32 Å². The number of carbonyl (C=O) groups is 1. The van der Waals surface area contributed by atoms with Crippen molar-refractivity contribution in [1.29, 1.82) is 0 Å². The third-order valence-electron chi connectivity index (χ3n) is 2.57. The Kier molecular flexibility index (Phi) is 7.23. The van der Waals surface area contributed by atoms with Gasteiger partial charge in [-0.25, -0.2) is 0 Å². The highest BCUT2D eigenvalue weighted by Gasteiger charge is 2.13. The molecule has 0 aliphatic carbocycles. The van der Waals surface area contributed by atoms with Crippen molar-refractivity contribution >= 4 is 17.7 Å². The van der Waals surface area contributed by atoms with Crippen molar-refractivity contribution in [3.63, 3.8) is 0 Å². The Morgan fingerprint density at radius 3 is 2.80 bits per heavy atom. The number of aldehydes is 1. The first-order chi connectivity index (χ1) is 9.69. The van der Waals surface area contributed by atoms with E-state index in [1.807, 2.05) is 0 Å². The largest absolute Gasteiger partial charge is 0.382 e. The lowest BCUT2D eigenvalue weighted by Gasteiger charge is -2.08. The minimum Gasteiger partial charge on any atom is -0.382 e. The molecule has 0 unspecified atom stereocenters. The van der Waals surface area contributed by atoms with Crippen molar-refractivity contribution in [3.8, 4) is 0 Å². The Balaban J connectivity index is 2.43. The Labute approximate surface area is 117 Å². The number of rotatable bonds is 10. The number of nitrogens with one attached hydrogen (secondary N) is 1. The summed E-state index contributed by atoms with van der Waals surface area (Å²) in [6.07, 6.45) is 1.30. The Morgan fingerprint density at radius 1 is 1.35 bits per heavy atom. The minimum atomic E-state index is -0.510. The quantitative estimate of drug-likeness (QED) is 0.305. The van der Waals surface area contributed by atoms with E-state index in [9.17, 15) is 14.9 Å². The zero-order valence-electron chi connectivity index (χ0n) is 11.3. The van der Waals surface area contributed by atoms with Crippen LogP contribution in [-0.4, -0.2) is 44.7 Å². The Bertz CT molecular complexity index is 450. The molecule has 0 fully saturated rings. The SMILES string of the molecule is COCCOCCCNc1ccc(C=O)cc1[N+](=O)[O-]. The molecule has 20 heavy (non-hydrogen) atoms. The number of ether oxygens (including phenoxy) is 2. The molecule has 1 N–H and O–H groups in total. The van der Waals surface area contributed by atoms with Crippen LogP contribution in [0.4, 0.5) is 11.4 Å². The van der Waals surface area contributed by atoms with E-state index in [2.05, 4.69) is 5.32 Å². The molecule has 0 amide bonds. The van der Waals surface area contributed by atoms with Crippen LogP contribution in [0.1, 0.15) is 16.8 Å². The second kappa shape index (κ2) is 9.00. The fourth-order valence-corrected chi connectivity index (χ4v) is 1.56. The smallest absolute Gasteiger partial charge is 0.293 e. The van der Waals surface area contributed by atoms with E-state index in [0.29, 0.717) is 38.3 Å². The van der Waals surface area contributed by atoms with E-state index in [1.54, 1.807) is 7.11 Å². The van der Waals surface area contributed by atoms with Crippen LogP contribution in [0, 0.1) is 10.1 Å². The molecule has 7 nitrogen and oxygen atoms in total. The van der Waals surface area contributed by atoms with Crippen LogP contribution in [0.2, 0.25) is 0 Å². The van der Waals surface area contributed by atoms with E-state index in [1.165, 1.54) is 18.2 Å². The second-order valence-corrected chi connectivity index (χ2v) is 4.04. The third-order valence-corrected chi connectivity index (χ3v) is 2.57. The van der Waals surface area contributed by atoms with E-state index >= 15 is 0 Å². The van der Waals surface area contributed by atoms with Crippen LogP contribution in [0.3, 0.4) is 0 Å². The highest BCUT2D eigenvalue weighted by Crippen LogP contribution is 2.24. The molecule has 0 saturated heterocycles. The van der Waals surface area contributed by atoms with Gasteiger partial charge >= 0.3 is 0 Å². The van der Waals surface area contributed by atoms with E-state index in [0.717, 1.165) is 6.42 Å². The average molecular weight is 282 g/mol. The minimum absolute atomic E-state index is 0.102. The Morgan fingerprint density at radius 2 is 2.15 bits per heavy atom. The summed E-state index contributed by atoms with van der Waals surface area (Å²) in [5, 5.41) is 13.9. The molecular formula is C13H18N2O5. The van der Waals surface area contributed by atoms with E-state index in [-0.39, 0.29) is 11.3 Å². The van der Waals surface area contributed by atoms with E-state index < -0.39 is 4.92 Å². The summed E-state index contributed by atoms with van der Waals surface area (Å²) in [6.45, 7) is 2.18. The molecule has 1 aromatic rings. The summed E-state index contributed by atoms with van der Waals surface area (Å²) < 4.78 is 10.1. The summed E-state index contributed by atoms with van der Waals surface area (Å²) >= 11 is 0. The number of nitrogens with zero attached hydrogens (tertiary/aromatic N) is 1. The molecule has 0 bridgehead atoms. The second-order valence-electron chi connectivity index (χ2n) is 4.04. The zero-order chi connectivity index (χ0) is 14.8. The molecule has 0 aliphatic heterocycles. The summed E-state index contributed by atoms with van der Waals surface area (Å²) in [5.41, 5.74) is 0.581. The number of hydrogen-bond donors (Lipinski definition) is 1. The number of carbonyl (C=O) groups excluding carboxylic acids is 1. The Hall–Kier alpha value is -1.99. The summed E-state index contributed by atoms with van der Waals surface area (Å²) in [7, 11) is 1.60. The normalized spacial score (nSPS) is 10.2. The van der Waals surface area contributed by atoms with E-state index in [4.69, 9.17) is 9.47 Å². The highest BCUT2D eigenvalue weighted by molar-refractivity contribution is 5.79. The van der Waals surface area contributed by atoms with Gasteiger partial charge in [-0.3, -0.25) is 14.9 Å². The average Bonchev–Trinajstić information content (AvgIpc) is 2.46. The van der Waals surface area contributed by atoms with Crippen LogP contribution in [-0.2, 0) is 9.47 Å². The maximum absolute atomic E-state index is 10.9. The van der Waals surface area contributed by atoms with Gasteiger partial charge in [0.2, 0.25) is 0 Å². The molecule has 0 aliphatic rings. The number of benzene rings is 1.